The van der Waals surface area contributed by atoms with Crippen LogP contribution >= 0.6 is 0 Å². The van der Waals surface area contributed by atoms with E-state index in [2.05, 4.69) is 25.0 Å². The highest BCUT2D eigenvalue weighted by molar-refractivity contribution is 5.95. The average molecular weight is 408 g/mol. The van der Waals surface area contributed by atoms with E-state index in [1.807, 2.05) is 60.7 Å². The monoisotopic (exact) mass is 408 g/mol. The maximum absolute atomic E-state index is 11.8. The molecule has 0 heterocycles. The summed E-state index contributed by atoms with van der Waals surface area (Å²) in [5.74, 6) is 6.01. The van der Waals surface area contributed by atoms with Crippen molar-refractivity contribution in [2.45, 2.75) is 26.9 Å². The molecule has 3 aromatic rings. The first kappa shape index (κ1) is 21.8. The summed E-state index contributed by atoms with van der Waals surface area (Å²) in [7, 11) is 0. The average Bonchev–Trinajstić information content (AvgIpc) is 2.76. The van der Waals surface area contributed by atoms with E-state index < -0.39 is 0 Å². The Morgan fingerprint density at radius 3 is 2.03 bits per heavy atom. The van der Waals surface area contributed by atoms with E-state index in [1.165, 1.54) is 0 Å². The van der Waals surface area contributed by atoms with Gasteiger partial charge in [0, 0.05) is 23.1 Å². The zero-order chi connectivity index (χ0) is 22.4. The number of ketones is 1. The van der Waals surface area contributed by atoms with Crippen LogP contribution in [0.4, 0.5) is 0 Å². The van der Waals surface area contributed by atoms with Gasteiger partial charge in [-0.25, -0.2) is 4.79 Å². The van der Waals surface area contributed by atoms with E-state index in [1.54, 1.807) is 13.8 Å². The number of benzene rings is 3. The third-order valence-electron chi connectivity index (χ3n) is 4.77. The lowest BCUT2D eigenvalue weighted by Gasteiger charge is -2.06. The molecule has 0 N–H and O–H groups in total. The summed E-state index contributed by atoms with van der Waals surface area (Å²) >= 11 is 0. The van der Waals surface area contributed by atoms with E-state index in [0.29, 0.717) is 17.6 Å². The van der Waals surface area contributed by atoms with E-state index in [9.17, 15) is 9.59 Å². The van der Waals surface area contributed by atoms with Gasteiger partial charge in [-0.05, 0) is 71.7 Å². The molecule has 31 heavy (non-hydrogen) atoms. The van der Waals surface area contributed by atoms with Gasteiger partial charge in [0.25, 0.3) is 0 Å². The van der Waals surface area contributed by atoms with Crippen LogP contribution in [0, 0.1) is 11.8 Å². The molecule has 0 aliphatic heterocycles. The zero-order valence-corrected chi connectivity index (χ0v) is 17.8. The third kappa shape index (κ3) is 6.04. The molecule has 0 bridgehead atoms. The summed E-state index contributed by atoms with van der Waals surface area (Å²) in [6.07, 6.45) is 0.363. The Morgan fingerprint density at radius 2 is 1.35 bits per heavy atom. The second-order valence-corrected chi connectivity index (χ2v) is 7.58. The minimum absolute atomic E-state index is 0.0483. The molecule has 3 nitrogen and oxygen atoms in total. The number of hydrogen-bond donors (Lipinski definition) is 0. The third-order valence-corrected chi connectivity index (χ3v) is 4.77. The van der Waals surface area contributed by atoms with Gasteiger partial charge in [-0.1, -0.05) is 55.3 Å². The van der Waals surface area contributed by atoms with Gasteiger partial charge in [-0.3, -0.25) is 4.79 Å². The van der Waals surface area contributed by atoms with Gasteiger partial charge in [-0.15, -0.1) is 0 Å². The van der Waals surface area contributed by atoms with E-state index in [-0.39, 0.29) is 18.4 Å². The fraction of sp³-hybridized carbons (Fsp3) is 0.143. The topological polar surface area (TPSA) is 43.4 Å². The standard InChI is InChI=1S/C28H24O3/c1-19(2)27(29)17-23-9-6-21(7-10-23)5-8-22-11-13-26-16-24(12-14-25(26)15-22)18-31-28(30)20(3)4/h6-7,9-16H,1,3,17-18H2,2,4H3. The first-order valence-corrected chi connectivity index (χ1v) is 9.97. The molecule has 0 radical (unpaired) electrons. The van der Waals surface area contributed by atoms with Crippen LogP contribution in [0.3, 0.4) is 0 Å². The van der Waals surface area contributed by atoms with Crippen LogP contribution in [-0.2, 0) is 27.4 Å². The summed E-state index contributed by atoms with van der Waals surface area (Å²) in [5, 5.41) is 2.12. The Hall–Kier alpha value is -3.90. The first-order valence-electron chi connectivity index (χ1n) is 9.97. The maximum atomic E-state index is 11.8. The lowest BCUT2D eigenvalue weighted by molar-refractivity contribution is -0.140. The Kier molecular flexibility index (Phi) is 6.85. The quantitative estimate of drug-likeness (QED) is 0.305. The fourth-order valence-electron chi connectivity index (χ4n) is 2.92. The molecule has 0 aliphatic carbocycles. The molecule has 0 aliphatic rings. The Balaban J connectivity index is 1.70. The summed E-state index contributed by atoms with van der Waals surface area (Å²) in [6.45, 7) is 10.8. The van der Waals surface area contributed by atoms with Crippen molar-refractivity contribution in [1.82, 2.24) is 0 Å². The molecule has 3 rings (SSSR count). The predicted octanol–water partition coefficient (Wildman–Crippen LogP) is 5.55. The molecular formula is C28H24O3. The number of ether oxygens (including phenoxy) is 1. The number of carbonyl (C=O) groups excluding carboxylic acids is 2. The molecule has 0 aromatic heterocycles. The van der Waals surface area contributed by atoms with Crippen LogP contribution in [-0.4, -0.2) is 11.8 Å². The minimum Gasteiger partial charge on any atom is -0.457 e. The Labute approximate surface area is 183 Å². The highest BCUT2D eigenvalue weighted by Gasteiger charge is 2.05. The van der Waals surface area contributed by atoms with E-state index >= 15 is 0 Å². The molecule has 3 heteroatoms. The first-order chi connectivity index (χ1) is 14.8. The van der Waals surface area contributed by atoms with Gasteiger partial charge in [0.2, 0.25) is 0 Å². The molecule has 0 unspecified atom stereocenters. The number of esters is 1. The number of hydrogen-bond acceptors (Lipinski definition) is 3. The second-order valence-electron chi connectivity index (χ2n) is 7.58. The van der Waals surface area contributed by atoms with Crippen LogP contribution in [0.2, 0.25) is 0 Å². The van der Waals surface area contributed by atoms with Crippen molar-refractivity contribution in [3.63, 3.8) is 0 Å². The van der Waals surface area contributed by atoms with Crippen molar-refractivity contribution < 1.29 is 14.3 Å². The summed E-state index contributed by atoms with van der Waals surface area (Å²) < 4.78 is 5.21. The van der Waals surface area contributed by atoms with Crippen LogP contribution in [0.15, 0.2) is 85.0 Å². The summed E-state index contributed by atoms with van der Waals surface area (Å²) in [5.41, 5.74) is 4.64. The lowest BCUT2D eigenvalue weighted by atomic mass is 10.0. The molecule has 0 amide bonds. The number of fused-ring (bicyclic) bond motifs is 1. The number of allylic oxidation sites excluding steroid dienone is 1. The van der Waals surface area contributed by atoms with Gasteiger partial charge in [0.05, 0.1) is 0 Å². The van der Waals surface area contributed by atoms with Gasteiger partial charge in [0.15, 0.2) is 5.78 Å². The molecular weight excluding hydrogens is 384 g/mol. The van der Waals surface area contributed by atoms with Gasteiger partial charge < -0.3 is 4.74 Å². The smallest absolute Gasteiger partial charge is 0.333 e. The number of carbonyl (C=O) groups is 2. The second kappa shape index (κ2) is 9.73. The van der Waals surface area contributed by atoms with Crippen molar-refractivity contribution in [2.24, 2.45) is 0 Å². The zero-order valence-electron chi connectivity index (χ0n) is 17.8. The molecule has 0 saturated carbocycles. The molecule has 0 spiro atoms. The molecule has 3 aromatic carbocycles. The number of Topliss-reactive ketones (excluding diaryl/α,β-unsaturated/α-hetero) is 1. The van der Waals surface area contributed by atoms with E-state index in [0.717, 1.165) is 33.0 Å². The highest BCUT2D eigenvalue weighted by Crippen LogP contribution is 2.19. The predicted molar refractivity (Wildman–Crippen MR) is 125 cm³/mol. The fourth-order valence-corrected chi connectivity index (χ4v) is 2.92. The van der Waals surface area contributed by atoms with Gasteiger partial charge >= 0.3 is 5.97 Å². The molecule has 154 valence electrons. The van der Waals surface area contributed by atoms with Gasteiger partial charge in [0.1, 0.15) is 6.61 Å². The Morgan fingerprint density at radius 1 is 0.774 bits per heavy atom. The molecule has 0 atom stereocenters. The maximum Gasteiger partial charge on any atom is 0.333 e. The van der Waals surface area contributed by atoms with Crippen molar-refractivity contribution in [3.05, 3.63) is 107 Å². The number of rotatable bonds is 6. The largest absolute Gasteiger partial charge is 0.457 e. The van der Waals surface area contributed by atoms with Crippen LogP contribution in [0.25, 0.3) is 10.8 Å². The van der Waals surface area contributed by atoms with Crippen LogP contribution < -0.4 is 0 Å². The normalized spacial score (nSPS) is 10.1. The van der Waals surface area contributed by atoms with Crippen LogP contribution in [0.1, 0.15) is 36.1 Å². The van der Waals surface area contributed by atoms with Crippen LogP contribution in [0.5, 0.6) is 0 Å². The molecule has 0 saturated heterocycles. The van der Waals surface area contributed by atoms with E-state index in [4.69, 9.17) is 4.74 Å². The summed E-state index contributed by atoms with van der Waals surface area (Å²) in [6, 6.07) is 19.7. The Bertz CT molecular complexity index is 1230. The van der Waals surface area contributed by atoms with Crippen molar-refractivity contribution in [1.29, 1.82) is 0 Å². The van der Waals surface area contributed by atoms with Crippen molar-refractivity contribution in [2.75, 3.05) is 0 Å². The van der Waals surface area contributed by atoms with Crippen molar-refractivity contribution >= 4 is 22.5 Å². The van der Waals surface area contributed by atoms with Crippen molar-refractivity contribution in [3.8, 4) is 11.8 Å². The summed E-state index contributed by atoms with van der Waals surface area (Å²) in [4.78, 5) is 23.3. The van der Waals surface area contributed by atoms with Gasteiger partial charge in [-0.2, -0.15) is 0 Å². The SMILES string of the molecule is C=C(C)C(=O)Cc1ccc(C#Cc2ccc3cc(COC(=O)C(=C)C)ccc3c2)cc1. The minimum atomic E-state index is -0.388. The molecule has 0 fully saturated rings. The highest BCUT2D eigenvalue weighted by atomic mass is 16.5. The lowest BCUT2D eigenvalue weighted by Crippen LogP contribution is -2.04.